The molecule has 0 aliphatic heterocycles. The summed E-state index contributed by atoms with van der Waals surface area (Å²) in [7, 11) is 17.4. The molecule has 0 radical (unpaired) electrons. The van der Waals surface area contributed by atoms with E-state index >= 15 is 0 Å². The van der Waals surface area contributed by atoms with Crippen LogP contribution in [0.4, 0.5) is 0 Å². The van der Waals surface area contributed by atoms with Crippen LogP contribution in [-0.4, -0.2) is 15.0 Å². The van der Waals surface area contributed by atoms with Crippen molar-refractivity contribution in [1.82, 2.24) is 0 Å². The maximum absolute atomic E-state index is 5.80. The van der Waals surface area contributed by atoms with Gasteiger partial charge in [-0.25, -0.2) is 0 Å². The molecule has 0 saturated carbocycles. The Kier molecular flexibility index (Phi) is 3.17. The van der Waals surface area contributed by atoms with E-state index in [1.807, 2.05) is 30.3 Å². The Bertz CT molecular complexity index is 204. The first-order valence-electron chi connectivity index (χ1n) is 2.73. The van der Waals surface area contributed by atoms with Crippen LogP contribution in [0.15, 0.2) is 30.3 Å². The van der Waals surface area contributed by atoms with Crippen LogP contribution in [0.25, 0.3) is 0 Å². The standard InChI is InChI=1S/C6H5.3ClH.Sn/c1-2-4-6-5-3-1;;;;/h1-5H;3*1H;/q;;;;+3/p-3. The number of rotatable bonds is 1. The zero-order valence-electron chi connectivity index (χ0n) is 5.02. The number of halogens is 3. The van der Waals surface area contributed by atoms with E-state index in [0.717, 1.165) is 3.58 Å². The van der Waals surface area contributed by atoms with Crippen LogP contribution in [-0.2, 0) is 0 Å². The molecule has 0 aliphatic carbocycles. The molecule has 0 N–H and O–H groups in total. The molecule has 54 valence electrons. The molecule has 1 aromatic carbocycles. The summed E-state index contributed by atoms with van der Waals surface area (Å²) in [5.41, 5.74) is 0. The van der Waals surface area contributed by atoms with E-state index in [0.29, 0.717) is 0 Å². The van der Waals surface area contributed by atoms with Gasteiger partial charge in [-0.15, -0.1) is 0 Å². The van der Waals surface area contributed by atoms with Gasteiger partial charge in [0.05, 0.1) is 0 Å². The van der Waals surface area contributed by atoms with E-state index in [-0.39, 0.29) is 0 Å². The van der Waals surface area contributed by atoms with Crippen LogP contribution in [0.5, 0.6) is 0 Å². The fourth-order valence-electron chi connectivity index (χ4n) is 0.627. The molecule has 0 aliphatic rings. The summed E-state index contributed by atoms with van der Waals surface area (Å²) in [5, 5.41) is 0. The molecule has 0 nitrogen and oxygen atoms in total. The van der Waals surface area contributed by atoms with Crippen LogP contribution in [0, 0.1) is 0 Å². The second kappa shape index (κ2) is 3.52. The van der Waals surface area contributed by atoms with Crippen LogP contribution in [0.3, 0.4) is 0 Å². The van der Waals surface area contributed by atoms with Crippen molar-refractivity contribution in [3.63, 3.8) is 0 Å². The molecule has 0 heterocycles. The first-order chi connectivity index (χ1) is 4.61. The number of hydrogen-bond acceptors (Lipinski definition) is 0. The molecule has 0 bridgehead atoms. The predicted molar refractivity (Wildman–Crippen MR) is 49.4 cm³/mol. The van der Waals surface area contributed by atoms with Gasteiger partial charge in [0.25, 0.3) is 0 Å². The maximum atomic E-state index is 5.80. The van der Waals surface area contributed by atoms with Gasteiger partial charge in [-0.05, 0) is 0 Å². The van der Waals surface area contributed by atoms with Gasteiger partial charge in [-0.1, -0.05) is 0 Å². The summed E-state index contributed by atoms with van der Waals surface area (Å²) in [6.07, 6.45) is 0. The molecule has 4 heteroatoms. The molecule has 0 aromatic heterocycles. The van der Waals surface area contributed by atoms with Crippen molar-refractivity contribution in [1.29, 1.82) is 0 Å². The Morgan fingerprint density at radius 1 is 0.900 bits per heavy atom. The average molecular weight is 302 g/mol. The van der Waals surface area contributed by atoms with Gasteiger partial charge in [-0.2, -0.15) is 0 Å². The van der Waals surface area contributed by atoms with Crippen LogP contribution < -0.4 is 3.58 Å². The van der Waals surface area contributed by atoms with E-state index in [1.165, 1.54) is 0 Å². The van der Waals surface area contributed by atoms with Gasteiger partial charge in [0, 0.05) is 0 Å². The van der Waals surface area contributed by atoms with Crippen LogP contribution >= 0.6 is 26.8 Å². The van der Waals surface area contributed by atoms with Gasteiger partial charge in [0.2, 0.25) is 0 Å². The van der Waals surface area contributed by atoms with Gasteiger partial charge in [-0.3, -0.25) is 0 Å². The third kappa shape index (κ3) is 2.50. The third-order valence-corrected chi connectivity index (χ3v) is 8.31. The molecule has 0 saturated heterocycles. The summed E-state index contributed by atoms with van der Waals surface area (Å²) in [6.45, 7) is 0. The molecule has 0 spiro atoms. The normalized spacial score (nSPS) is 11.5. The van der Waals surface area contributed by atoms with E-state index in [4.69, 9.17) is 26.8 Å². The summed E-state index contributed by atoms with van der Waals surface area (Å²) in [6, 6.07) is 9.40. The van der Waals surface area contributed by atoms with Gasteiger partial charge in [0.1, 0.15) is 0 Å². The van der Waals surface area contributed by atoms with E-state index < -0.39 is 15.0 Å². The Labute approximate surface area is 75.1 Å². The Morgan fingerprint density at radius 3 is 1.70 bits per heavy atom. The first kappa shape index (κ1) is 8.98. The number of benzene rings is 1. The molecule has 0 fully saturated rings. The van der Waals surface area contributed by atoms with Crippen molar-refractivity contribution >= 4 is 45.3 Å². The molecule has 1 aromatic rings. The minimum absolute atomic E-state index is 0.904. The van der Waals surface area contributed by atoms with Crippen LogP contribution in [0.2, 0.25) is 0 Å². The SMILES string of the molecule is [Cl][Sn]([Cl])([Cl])[c]1ccccc1. The van der Waals surface area contributed by atoms with Gasteiger partial charge >= 0.3 is 75.7 Å². The Hall–Kier alpha value is 0.889. The van der Waals surface area contributed by atoms with Crippen molar-refractivity contribution in [3.8, 4) is 0 Å². The summed E-state index contributed by atoms with van der Waals surface area (Å²) >= 11 is -3.30. The molecule has 0 unspecified atom stereocenters. The first-order valence-corrected chi connectivity index (χ1v) is 15.0. The third-order valence-electron chi connectivity index (χ3n) is 1.10. The predicted octanol–water partition coefficient (Wildman–Crippen LogP) is 2.55. The Balaban J connectivity index is 2.97. The molecular weight excluding hydrogens is 297 g/mol. The van der Waals surface area contributed by atoms with Crippen molar-refractivity contribution in [2.24, 2.45) is 0 Å². The topological polar surface area (TPSA) is 0 Å². The van der Waals surface area contributed by atoms with Crippen molar-refractivity contribution in [2.75, 3.05) is 0 Å². The van der Waals surface area contributed by atoms with E-state index in [9.17, 15) is 0 Å². The molecule has 1 rings (SSSR count). The zero-order chi connectivity index (χ0) is 7.61. The molecule has 10 heavy (non-hydrogen) atoms. The van der Waals surface area contributed by atoms with Crippen molar-refractivity contribution < 1.29 is 0 Å². The summed E-state index contributed by atoms with van der Waals surface area (Å²) in [5.74, 6) is 0. The monoisotopic (exact) mass is 302 g/mol. The van der Waals surface area contributed by atoms with Crippen molar-refractivity contribution in [3.05, 3.63) is 30.3 Å². The fourth-order valence-corrected chi connectivity index (χ4v) is 4.79. The zero-order valence-corrected chi connectivity index (χ0v) is 10.1. The van der Waals surface area contributed by atoms with Gasteiger partial charge < -0.3 is 0 Å². The molecular formula is C6H5Cl3Sn. The molecule has 0 amide bonds. The molecule has 0 atom stereocenters. The minimum atomic E-state index is -3.30. The quantitative estimate of drug-likeness (QED) is 0.700. The average Bonchev–Trinajstić information content (AvgIpc) is 1.88. The van der Waals surface area contributed by atoms with Crippen LogP contribution in [0.1, 0.15) is 0 Å². The van der Waals surface area contributed by atoms with E-state index in [1.54, 1.807) is 0 Å². The second-order valence-corrected chi connectivity index (χ2v) is 21.7. The Morgan fingerprint density at radius 2 is 1.40 bits per heavy atom. The second-order valence-electron chi connectivity index (χ2n) is 1.86. The fraction of sp³-hybridized carbons (Fsp3) is 0. The van der Waals surface area contributed by atoms with Crippen molar-refractivity contribution in [2.45, 2.75) is 0 Å². The number of hydrogen-bond donors (Lipinski definition) is 0. The van der Waals surface area contributed by atoms with E-state index in [2.05, 4.69) is 0 Å². The summed E-state index contributed by atoms with van der Waals surface area (Å²) in [4.78, 5) is 0. The summed E-state index contributed by atoms with van der Waals surface area (Å²) < 4.78 is 0.904. The van der Waals surface area contributed by atoms with Gasteiger partial charge in [0.15, 0.2) is 0 Å².